The van der Waals surface area contributed by atoms with Crippen LogP contribution in [-0.4, -0.2) is 21.6 Å². The Kier molecular flexibility index (Phi) is 3.25. The average Bonchev–Trinajstić information content (AvgIpc) is 2.56. The first-order chi connectivity index (χ1) is 6.22. The van der Waals surface area contributed by atoms with Gasteiger partial charge in [0.1, 0.15) is 6.10 Å². The molecule has 0 bridgehead atoms. The number of aromatic nitrogens is 2. The molecule has 0 spiro atoms. The van der Waals surface area contributed by atoms with Gasteiger partial charge >= 0.3 is 5.97 Å². The molecule has 4 nitrogen and oxygen atoms in total. The highest BCUT2D eigenvalue weighted by atomic mass is 16.5. The normalized spacial score (nSPS) is 12.1. The molecule has 0 aliphatic carbocycles. The highest BCUT2D eigenvalue weighted by molar-refractivity contribution is 5.81. The van der Waals surface area contributed by atoms with Gasteiger partial charge in [0.2, 0.25) is 0 Å². The summed E-state index contributed by atoms with van der Waals surface area (Å²) in [4.78, 5) is 14.7. The Labute approximate surface area is 76.8 Å². The van der Waals surface area contributed by atoms with Gasteiger partial charge in [-0.2, -0.15) is 0 Å². The van der Waals surface area contributed by atoms with E-state index in [0.717, 1.165) is 6.08 Å². The molecule has 0 radical (unpaired) electrons. The molecular weight excluding hydrogens is 168 g/mol. The fraction of sp³-hybridized carbons (Fsp3) is 0.333. The van der Waals surface area contributed by atoms with E-state index < -0.39 is 5.97 Å². The zero-order valence-corrected chi connectivity index (χ0v) is 7.51. The van der Waals surface area contributed by atoms with E-state index in [4.69, 9.17) is 4.74 Å². The van der Waals surface area contributed by atoms with Crippen molar-refractivity contribution in [3.8, 4) is 0 Å². The van der Waals surface area contributed by atoms with E-state index in [1.54, 1.807) is 12.5 Å². The van der Waals surface area contributed by atoms with Crippen LogP contribution in [0.25, 0.3) is 0 Å². The van der Waals surface area contributed by atoms with Crippen LogP contribution in [0.1, 0.15) is 6.92 Å². The van der Waals surface area contributed by atoms with Crippen LogP contribution in [0, 0.1) is 0 Å². The number of nitrogens with zero attached hydrogens (tertiary/aromatic N) is 2. The summed E-state index contributed by atoms with van der Waals surface area (Å²) in [6.07, 6.45) is 6.17. The van der Waals surface area contributed by atoms with Crippen molar-refractivity contribution < 1.29 is 9.53 Å². The SMILES string of the molecule is C=CC(=O)OC(C)Cn1ccnc1. The van der Waals surface area contributed by atoms with E-state index >= 15 is 0 Å². The molecule has 1 aromatic rings. The second-order valence-electron chi connectivity index (χ2n) is 2.71. The van der Waals surface area contributed by atoms with Crippen molar-refractivity contribution in [1.82, 2.24) is 9.55 Å². The minimum atomic E-state index is -0.396. The summed E-state index contributed by atoms with van der Waals surface area (Å²) in [6.45, 7) is 5.75. The minimum Gasteiger partial charge on any atom is -0.458 e. The zero-order valence-electron chi connectivity index (χ0n) is 7.51. The molecule has 1 heterocycles. The lowest BCUT2D eigenvalue weighted by Crippen LogP contribution is -2.18. The molecule has 0 aliphatic rings. The van der Waals surface area contributed by atoms with E-state index in [1.165, 1.54) is 0 Å². The minimum absolute atomic E-state index is 0.167. The summed E-state index contributed by atoms with van der Waals surface area (Å²) in [5, 5.41) is 0. The predicted octanol–water partition coefficient (Wildman–Crippen LogP) is 1.00. The Morgan fingerprint density at radius 2 is 2.62 bits per heavy atom. The number of hydrogen-bond donors (Lipinski definition) is 0. The molecule has 0 aliphatic heterocycles. The number of rotatable bonds is 4. The third-order valence-corrected chi connectivity index (χ3v) is 1.51. The van der Waals surface area contributed by atoms with Crippen LogP contribution < -0.4 is 0 Å². The molecule has 70 valence electrons. The van der Waals surface area contributed by atoms with Gasteiger partial charge in [-0.05, 0) is 6.92 Å². The van der Waals surface area contributed by atoms with Crippen LogP contribution >= 0.6 is 0 Å². The molecule has 4 heteroatoms. The van der Waals surface area contributed by atoms with Crippen molar-refractivity contribution in [3.63, 3.8) is 0 Å². The summed E-state index contributed by atoms with van der Waals surface area (Å²) in [5.74, 6) is -0.396. The van der Waals surface area contributed by atoms with E-state index in [0.29, 0.717) is 6.54 Å². The number of imidazole rings is 1. The van der Waals surface area contributed by atoms with Gasteiger partial charge in [0, 0.05) is 18.5 Å². The highest BCUT2D eigenvalue weighted by Gasteiger charge is 2.06. The van der Waals surface area contributed by atoms with Crippen LogP contribution in [0.4, 0.5) is 0 Å². The van der Waals surface area contributed by atoms with Gasteiger partial charge in [0.25, 0.3) is 0 Å². The second kappa shape index (κ2) is 4.45. The monoisotopic (exact) mass is 180 g/mol. The molecule has 1 rings (SSSR count). The molecule has 0 saturated carbocycles. The fourth-order valence-electron chi connectivity index (χ4n) is 0.975. The van der Waals surface area contributed by atoms with Crippen LogP contribution in [0.5, 0.6) is 0 Å². The Morgan fingerprint density at radius 1 is 1.85 bits per heavy atom. The van der Waals surface area contributed by atoms with E-state index in [2.05, 4.69) is 11.6 Å². The van der Waals surface area contributed by atoms with Crippen molar-refractivity contribution in [3.05, 3.63) is 31.4 Å². The molecule has 0 saturated heterocycles. The molecule has 1 atom stereocenters. The lowest BCUT2D eigenvalue weighted by molar-refractivity contribution is -0.142. The van der Waals surface area contributed by atoms with Gasteiger partial charge in [0.05, 0.1) is 12.9 Å². The number of hydrogen-bond acceptors (Lipinski definition) is 3. The summed E-state index contributed by atoms with van der Waals surface area (Å²) >= 11 is 0. The smallest absolute Gasteiger partial charge is 0.330 e. The highest BCUT2D eigenvalue weighted by Crippen LogP contribution is 1.97. The lowest BCUT2D eigenvalue weighted by atomic mass is 10.4. The molecular formula is C9H12N2O2. The van der Waals surface area contributed by atoms with Crippen LogP contribution in [0.3, 0.4) is 0 Å². The topological polar surface area (TPSA) is 44.1 Å². The molecule has 13 heavy (non-hydrogen) atoms. The first-order valence-corrected chi connectivity index (χ1v) is 4.01. The summed E-state index contributed by atoms with van der Waals surface area (Å²) in [5.41, 5.74) is 0. The van der Waals surface area contributed by atoms with Crippen molar-refractivity contribution in [1.29, 1.82) is 0 Å². The molecule has 0 N–H and O–H groups in total. The van der Waals surface area contributed by atoms with Crippen LogP contribution in [-0.2, 0) is 16.1 Å². The number of carbonyl (C=O) groups excluding carboxylic acids is 1. The quantitative estimate of drug-likeness (QED) is 0.513. The maximum atomic E-state index is 10.8. The van der Waals surface area contributed by atoms with E-state index in [-0.39, 0.29) is 6.10 Å². The molecule has 0 aromatic carbocycles. The third-order valence-electron chi connectivity index (χ3n) is 1.51. The number of carbonyl (C=O) groups is 1. The second-order valence-corrected chi connectivity index (χ2v) is 2.71. The molecule has 1 unspecified atom stereocenters. The molecule has 1 aromatic heterocycles. The maximum Gasteiger partial charge on any atom is 0.330 e. The Bertz CT molecular complexity index is 280. The van der Waals surface area contributed by atoms with E-state index in [9.17, 15) is 4.79 Å². The van der Waals surface area contributed by atoms with Gasteiger partial charge in [0.15, 0.2) is 0 Å². The maximum absolute atomic E-state index is 10.8. The summed E-state index contributed by atoms with van der Waals surface area (Å²) < 4.78 is 6.82. The Hall–Kier alpha value is -1.58. The van der Waals surface area contributed by atoms with Gasteiger partial charge in [-0.1, -0.05) is 6.58 Å². The number of ether oxygens (including phenoxy) is 1. The summed E-state index contributed by atoms with van der Waals surface area (Å²) in [7, 11) is 0. The van der Waals surface area contributed by atoms with Crippen molar-refractivity contribution >= 4 is 5.97 Å². The van der Waals surface area contributed by atoms with Gasteiger partial charge in [-0.3, -0.25) is 0 Å². The number of esters is 1. The lowest BCUT2D eigenvalue weighted by Gasteiger charge is -2.11. The van der Waals surface area contributed by atoms with Gasteiger partial charge in [-0.15, -0.1) is 0 Å². The molecule has 0 amide bonds. The van der Waals surface area contributed by atoms with Gasteiger partial charge in [-0.25, -0.2) is 9.78 Å². The van der Waals surface area contributed by atoms with Crippen LogP contribution in [0.2, 0.25) is 0 Å². The Balaban J connectivity index is 2.37. The average molecular weight is 180 g/mol. The largest absolute Gasteiger partial charge is 0.458 e. The zero-order chi connectivity index (χ0) is 9.68. The molecule has 0 fully saturated rings. The summed E-state index contributed by atoms with van der Waals surface area (Å²) in [6, 6.07) is 0. The van der Waals surface area contributed by atoms with Crippen LogP contribution in [0.15, 0.2) is 31.4 Å². The first kappa shape index (κ1) is 9.51. The van der Waals surface area contributed by atoms with E-state index in [1.807, 2.05) is 17.7 Å². The Morgan fingerprint density at radius 3 is 3.15 bits per heavy atom. The predicted molar refractivity (Wildman–Crippen MR) is 48.0 cm³/mol. The van der Waals surface area contributed by atoms with Crippen molar-refractivity contribution in [2.75, 3.05) is 0 Å². The fourth-order valence-corrected chi connectivity index (χ4v) is 0.975. The van der Waals surface area contributed by atoms with Crippen molar-refractivity contribution in [2.45, 2.75) is 19.6 Å². The third kappa shape index (κ3) is 3.11. The van der Waals surface area contributed by atoms with Gasteiger partial charge < -0.3 is 9.30 Å². The van der Waals surface area contributed by atoms with Crippen molar-refractivity contribution in [2.24, 2.45) is 0 Å². The first-order valence-electron chi connectivity index (χ1n) is 4.01. The standard InChI is InChI=1S/C9H12N2O2/c1-3-9(12)13-8(2)6-11-5-4-10-7-11/h3-5,7-8H,1,6H2,2H3.